The van der Waals surface area contributed by atoms with Crippen molar-refractivity contribution in [2.75, 3.05) is 0 Å². The van der Waals surface area contributed by atoms with E-state index in [2.05, 4.69) is 39.5 Å². The number of hydrogen-bond donors (Lipinski definition) is 0. The van der Waals surface area contributed by atoms with Gasteiger partial charge in [0, 0.05) is 10.5 Å². The maximum atomic E-state index is 2.50. The molecule has 2 aliphatic rings. The van der Waals surface area contributed by atoms with Crippen LogP contribution < -0.4 is 0 Å². The fourth-order valence-corrected chi connectivity index (χ4v) is 6.83. The minimum atomic E-state index is 0.993. The molecule has 0 saturated heterocycles. The second-order valence-corrected chi connectivity index (χ2v) is 9.72. The van der Waals surface area contributed by atoms with Gasteiger partial charge in [0.15, 0.2) is 0 Å². The van der Waals surface area contributed by atoms with Crippen LogP contribution in [0.3, 0.4) is 0 Å². The smallest absolute Gasteiger partial charge is 0.0106 e. The fraction of sp³-hybridized carbons (Fsp3) is 1.00. The maximum absolute atomic E-state index is 2.50. The molecule has 2 fully saturated rings. The molecular weight excluding hydrogens is 296 g/mol. The third kappa shape index (κ3) is 6.29. The zero-order chi connectivity index (χ0) is 16.7. The van der Waals surface area contributed by atoms with Crippen LogP contribution in [0.15, 0.2) is 0 Å². The van der Waals surface area contributed by atoms with Gasteiger partial charge in [0.25, 0.3) is 0 Å². The summed E-state index contributed by atoms with van der Waals surface area (Å²) in [7, 11) is 0. The Kier molecular flexibility index (Phi) is 8.87. The minimum Gasteiger partial charge on any atom is -0.154 e. The van der Waals surface area contributed by atoms with E-state index in [1.807, 2.05) is 0 Å². The van der Waals surface area contributed by atoms with Gasteiger partial charge in [-0.2, -0.15) is 11.8 Å². The van der Waals surface area contributed by atoms with E-state index in [1.165, 1.54) is 77.0 Å². The average Bonchev–Trinajstić information content (AvgIpc) is 3.45. The Bertz CT molecular complexity index is 275. The van der Waals surface area contributed by atoms with Gasteiger partial charge in [-0.25, -0.2) is 0 Å². The van der Waals surface area contributed by atoms with Crippen molar-refractivity contribution in [2.45, 2.75) is 115 Å². The van der Waals surface area contributed by atoms with Gasteiger partial charge in [-0.3, -0.25) is 0 Å². The molecular formula is C22H42S. The van der Waals surface area contributed by atoms with Crippen LogP contribution >= 0.6 is 11.8 Å². The number of hydrogen-bond acceptors (Lipinski definition) is 1. The van der Waals surface area contributed by atoms with Gasteiger partial charge in [-0.05, 0) is 62.2 Å². The first kappa shape index (κ1) is 19.7. The highest BCUT2D eigenvalue weighted by Crippen LogP contribution is 2.52. The summed E-state index contributed by atoms with van der Waals surface area (Å²) in [5, 5.41) is 1.99. The summed E-state index contributed by atoms with van der Waals surface area (Å²) in [6.07, 6.45) is 17.6. The third-order valence-electron chi connectivity index (χ3n) is 6.32. The van der Waals surface area contributed by atoms with Crippen molar-refractivity contribution in [1.29, 1.82) is 0 Å². The summed E-state index contributed by atoms with van der Waals surface area (Å²) < 4.78 is 0. The topological polar surface area (TPSA) is 0 Å². The van der Waals surface area contributed by atoms with Crippen LogP contribution in [0.25, 0.3) is 0 Å². The maximum Gasteiger partial charge on any atom is 0.0106 e. The Morgan fingerprint density at radius 3 is 1.35 bits per heavy atom. The molecule has 0 radical (unpaired) electrons. The first-order valence-corrected chi connectivity index (χ1v) is 11.8. The third-order valence-corrected chi connectivity index (χ3v) is 8.49. The van der Waals surface area contributed by atoms with Crippen LogP contribution in [0.2, 0.25) is 0 Å². The Hall–Kier alpha value is 0.350. The Morgan fingerprint density at radius 2 is 1.09 bits per heavy atom. The van der Waals surface area contributed by atoms with Crippen LogP contribution in [0.5, 0.6) is 0 Å². The fourth-order valence-electron chi connectivity index (χ4n) is 4.38. The van der Waals surface area contributed by atoms with Gasteiger partial charge in [-0.1, -0.05) is 66.2 Å². The van der Waals surface area contributed by atoms with Gasteiger partial charge < -0.3 is 0 Å². The second-order valence-electron chi connectivity index (χ2n) is 8.36. The van der Waals surface area contributed by atoms with Gasteiger partial charge in [0.1, 0.15) is 0 Å². The number of thioether (sulfide) groups is 1. The predicted molar refractivity (Wildman–Crippen MR) is 107 cm³/mol. The normalized spacial score (nSPS) is 23.5. The van der Waals surface area contributed by atoms with Crippen molar-refractivity contribution in [2.24, 2.45) is 23.7 Å². The summed E-state index contributed by atoms with van der Waals surface area (Å²) in [5.74, 6) is 4.15. The highest BCUT2D eigenvalue weighted by atomic mass is 32.2. The average molecular weight is 339 g/mol. The van der Waals surface area contributed by atoms with E-state index in [0.29, 0.717) is 0 Å². The first-order valence-electron chi connectivity index (χ1n) is 10.9. The zero-order valence-electron chi connectivity index (χ0n) is 16.4. The Morgan fingerprint density at radius 1 is 0.696 bits per heavy atom. The lowest BCUT2D eigenvalue weighted by Crippen LogP contribution is -2.28. The molecule has 0 bridgehead atoms. The lowest BCUT2D eigenvalue weighted by atomic mass is 9.92. The van der Waals surface area contributed by atoms with E-state index in [1.54, 1.807) is 0 Å². The molecule has 0 aliphatic heterocycles. The van der Waals surface area contributed by atoms with Gasteiger partial charge in [-0.15, -0.1) is 0 Å². The van der Waals surface area contributed by atoms with Crippen LogP contribution in [-0.2, 0) is 0 Å². The highest BCUT2D eigenvalue weighted by Gasteiger charge is 2.42. The van der Waals surface area contributed by atoms with E-state index in [9.17, 15) is 0 Å². The monoisotopic (exact) mass is 338 g/mol. The van der Waals surface area contributed by atoms with E-state index in [0.717, 1.165) is 34.2 Å². The molecule has 0 amide bonds. The molecule has 2 rings (SSSR count). The van der Waals surface area contributed by atoms with Gasteiger partial charge >= 0.3 is 0 Å². The highest BCUT2D eigenvalue weighted by molar-refractivity contribution is 8.00. The molecule has 0 aromatic carbocycles. The lowest BCUT2D eigenvalue weighted by Gasteiger charge is -2.34. The molecule has 0 N–H and O–H groups in total. The molecule has 2 saturated carbocycles. The standard InChI is InChI=1S/C22H42S/c1-5-9-11-17(7-3)21(19-13-14-19)23-22(20-15-16-20)18(8-4)12-10-6-2/h17-22H,5-16H2,1-4H3. The largest absolute Gasteiger partial charge is 0.154 e. The lowest BCUT2D eigenvalue weighted by molar-refractivity contribution is 0.392. The summed E-state index contributed by atoms with van der Waals surface area (Å²) >= 11 is 2.50. The molecule has 2 aliphatic carbocycles. The molecule has 23 heavy (non-hydrogen) atoms. The van der Waals surface area contributed by atoms with Crippen molar-refractivity contribution < 1.29 is 0 Å². The van der Waals surface area contributed by atoms with Crippen LogP contribution in [0.4, 0.5) is 0 Å². The molecule has 0 heterocycles. The second kappa shape index (κ2) is 10.4. The van der Waals surface area contributed by atoms with E-state index >= 15 is 0 Å². The Labute approximate surface area is 151 Å². The van der Waals surface area contributed by atoms with Gasteiger partial charge in [0.05, 0.1) is 0 Å². The summed E-state index contributed by atoms with van der Waals surface area (Å²) in [4.78, 5) is 0. The molecule has 136 valence electrons. The summed E-state index contributed by atoms with van der Waals surface area (Å²) in [6.45, 7) is 9.63. The van der Waals surface area contributed by atoms with Crippen molar-refractivity contribution in [3.8, 4) is 0 Å². The SMILES string of the molecule is CCCCC(CC)C(SC(C(CC)CCCC)C1CC1)C1CC1. The first-order chi connectivity index (χ1) is 11.2. The molecule has 4 atom stereocenters. The summed E-state index contributed by atoms with van der Waals surface area (Å²) in [6, 6.07) is 0. The molecule has 0 spiro atoms. The minimum absolute atomic E-state index is 0.993. The van der Waals surface area contributed by atoms with Crippen molar-refractivity contribution in [3.05, 3.63) is 0 Å². The summed E-state index contributed by atoms with van der Waals surface area (Å²) in [5.41, 5.74) is 0. The quantitative estimate of drug-likeness (QED) is 0.312. The van der Waals surface area contributed by atoms with Crippen LogP contribution in [-0.4, -0.2) is 10.5 Å². The molecule has 4 unspecified atom stereocenters. The molecule has 0 aromatic heterocycles. The zero-order valence-corrected chi connectivity index (χ0v) is 17.2. The van der Waals surface area contributed by atoms with Gasteiger partial charge in [0.2, 0.25) is 0 Å². The molecule has 0 aromatic rings. The van der Waals surface area contributed by atoms with Crippen molar-refractivity contribution in [1.82, 2.24) is 0 Å². The number of unbranched alkanes of at least 4 members (excludes halogenated alkanes) is 2. The molecule has 0 nitrogen and oxygen atoms in total. The number of rotatable bonds is 14. The van der Waals surface area contributed by atoms with Crippen molar-refractivity contribution in [3.63, 3.8) is 0 Å². The predicted octanol–water partition coefficient (Wildman–Crippen LogP) is 7.71. The molecule has 1 heteroatoms. The van der Waals surface area contributed by atoms with Crippen LogP contribution in [0, 0.1) is 23.7 Å². The van der Waals surface area contributed by atoms with E-state index in [4.69, 9.17) is 0 Å². The van der Waals surface area contributed by atoms with Crippen molar-refractivity contribution >= 4 is 11.8 Å². The Balaban J connectivity index is 1.99. The van der Waals surface area contributed by atoms with Crippen LogP contribution in [0.1, 0.15) is 105 Å². The van der Waals surface area contributed by atoms with E-state index in [-0.39, 0.29) is 0 Å². The van der Waals surface area contributed by atoms with E-state index < -0.39 is 0 Å².